The second-order valence-corrected chi connectivity index (χ2v) is 15.9. The molecule has 0 radical (unpaired) electrons. The summed E-state index contributed by atoms with van der Waals surface area (Å²) in [5.41, 5.74) is 3.39. The van der Waals surface area contributed by atoms with Crippen molar-refractivity contribution in [1.82, 2.24) is 14.7 Å². The van der Waals surface area contributed by atoms with Gasteiger partial charge in [0.15, 0.2) is 0 Å². The Bertz CT molecular complexity index is 1490. The lowest BCUT2D eigenvalue weighted by Crippen LogP contribution is -2.51. The van der Waals surface area contributed by atoms with Crippen molar-refractivity contribution in [3.63, 3.8) is 0 Å². The number of anilines is 2. The Hall–Kier alpha value is -3.48. The molecule has 0 N–H and O–H groups in total. The van der Waals surface area contributed by atoms with Crippen LogP contribution in [0.3, 0.4) is 0 Å². The highest BCUT2D eigenvalue weighted by molar-refractivity contribution is 6.33. The van der Waals surface area contributed by atoms with Gasteiger partial charge in [0.25, 0.3) is 5.91 Å². The van der Waals surface area contributed by atoms with Crippen LogP contribution in [0.1, 0.15) is 70.2 Å². The normalized spacial score (nSPS) is 22.2. The first kappa shape index (κ1) is 34.4. The molecule has 0 aliphatic carbocycles. The number of likely N-dealkylation sites (tertiary alicyclic amines) is 1. The van der Waals surface area contributed by atoms with Gasteiger partial charge in [-0.05, 0) is 108 Å². The smallest absolute Gasteiger partial charge is 0.410 e. The fourth-order valence-corrected chi connectivity index (χ4v) is 8.37. The highest BCUT2D eigenvalue weighted by atomic mass is 35.5. The minimum absolute atomic E-state index is 0.119. The molecule has 1 spiro atoms. The third-order valence-corrected chi connectivity index (χ3v) is 11.2. The molecule has 2 aromatic rings. The third kappa shape index (κ3) is 7.87. The molecule has 4 heterocycles. The number of benzene rings is 2. The molecule has 6 rings (SSSR count). The quantitative estimate of drug-likeness (QED) is 0.313. The summed E-state index contributed by atoms with van der Waals surface area (Å²) in [6.07, 6.45) is 5.22. The van der Waals surface area contributed by atoms with Gasteiger partial charge in [0.1, 0.15) is 5.60 Å². The van der Waals surface area contributed by atoms with E-state index >= 15 is 0 Å². The molecule has 258 valence electrons. The van der Waals surface area contributed by atoms with Gasteiger partial charge in [0.2, 0.25) is 5.69 Å². The van der Waals surface area contributed by atoms with Gasteiger partial charge in [-0.15, -0.1) is 0 Å². The number of hydrogen-bond donors (Lipinski definition) is 0. The van der Waals surface area contributed by atoms with Gasteiger partial charge in [0.05, 0.1) is 6.57 Å². The molecule has 2 aromatic carbocycles. The fourth-order valence-electron chi connectivity index (χ4n) is 8.15. The van der Waals surface area contributed by atoms with Crippen molar-refractivity contribution in [1.29, 1.82) is 0 Å². The molecule has 10 heteroatoms. The maximum atomic E-state index is 13.4. The molecule has 48 heavy (non-hydrogen) atoms. The lowest BCUT2D eigenvalue weighted by molar-refractivity contribution is 0.0161. The zero-order valence-electron chi connectivity index (χ0n) is 29.1. The topological polar surface area (TPSA) is 63.9 Å². The van der Waals surface area contributed by atoms with Crippen molar-refractivity contribution < 1.29 is 14.3 Å². The van der Waals surface area contributed by atoms with E-state index in [1.807, 2.05) is 60.9 Å². The zero-order chi connectivity index (χ0) is 34.1. The van der Waals surface area contributed by atoms with Gasteiger partial charge < -0.3 is 24.3 Å². The van der Waals surface area contributed by atoms with E-state index in [9.17, 15) is 9.59 Å². The van der Waals surface area contributed by atoms with Gasteiger partial charge >= 0.3 is 6.09 Å². The molecule has 0 bridgehead atoms. The zero-order valence-corrected chi connectivity index (χ0v) is 29.8. The monoisotopic (exact) mass is 674 g/mol. The molecular weight excluding hydrogens is 624 g/mol. The van der Waals surface area contributed by atoms with E-state index in [0.29, 0.717) is 22.7 Å². The van der Waals surface area contributed by atoms with Crippen LogP contribution in [0.2, 0.25) is 5.02 Å². The fraction of sp³-hybridized carbons (Fsp3) is 0.605. The molecule has 4 aliphatic heterocycles. The average molecular weight is 675 g/mol. The van der Waals surface area contributed by atoms with Crippen LogP contribution in [0.4, 0.5) is 21.9 Å². The highest BCUT2D eigenvalue weighted by Gasteiger charge is 2.44. The van der Waals surface area contributed by atoms with Crippen LogP contribution in [0, 0.1) is 17.9 Å². The Morgan fingerprint density at radius 3 is 2.17 bits per heavy atom. The van der Waals surface area contributed by atoms with E-state index in [1.165, 1.54) is 5.69 Å². The number of halogens is 1. The maximum Gasteiger partial charge on any atom is 0.410 e. The molecule has 9 nitrogen and oxygen atoms in total. The summed E-state index contributed by atoms with van der Waals surface area (Å²) in [5, 5.41) is 0.528. The van der Waals surface area contributed by atoms with Crippen LogP contribution in [0.25, 0.3) is 4.85 Å². The number of piperazine rings is 1. The maximum absolute atomic E-state index is 13.4. The van der Waals surface area contributed by atoms with Crippen molar-refractivity contribution in [2.24, 2.45) is 11.3 Å². The van der Waals surface area contributed by atoms with Gasteiger partial charge in [-0.3, -0.25) is 9.69 Å². The Morgan fingerprint density at radius 1 is 0.917 bits per heavy atom. The average Bonchev–Trinajstić information content (AvgIpc) is 3.39. The number of hydrogen-bond acceptors (Lipinski definition) is 6. The number of carbonyl (C=O) groups is 2. The van der Waals surface area contributed by atoms with Gasteiger partial charge in [-0.2, -0.15) is 0 Å². The van der Waals surface area contributed by atoms with Crippen molar-refractivity contribution in [2.45, 2.75) is 71.4 Å². The third-order valence-electron chi connectivity index (χ3n) is 10.9. The Balaban J connectivity index is 0.940. The molecule has 4 aliphatic rings. The number of amides is 2. The Kier molecular flexibility index (Phi) is 10.1. The number of carbonyl (C=O) groups excluding carboxylic acids is 2. The molecule has 4 saturated heterocycles. The first-order valence-corrected chi connectivity index (χ1v) is 18.1. The van der Waals surface area contributed by atoms with Crippen molar-refractivity contribution >= 4 is 40.7 Å². The Labute approximate surface area is 291 Å². The summed E-state index contributed by atoms with van der Waals surface area (Å²) in [6.45, 7) is 24.1. The summed E-state index contributed by atoms with van der Waals surface area (Å²) >= 11 is 6.37. The number of rotatable bonds is 5. The van der Waals surface area contributed by atoms with Crippen molar-refractivity contribution in [3.05, 3.63) is 64.5 Å². The predicted octanol–water partition coefficient (Wildman–Crippen LogP) is 7.18. The first-order chi connectivity index (χ1) is 22.9. The van der Waals surface area contributed by atoms with Crippen LogP contribution in [0.15, 0.2) is 42.5 Å². The van der Waals surface area contributed by atoms with Gasteiger partial charge in [-0.25, -0.2) is 9.64 Å². The number of nitrogens with zero attached hydrogens (tertiary/aromatic N) is 6. The van der Waals surface area contributed by atoms with Gasteiger partial charge in [0, 0.05) is 93.5 Å². The molecular formula is C38H51ClN6O3. The molecule has 0 saturated carbocycles. The van der Waals surface area contributed by atoms with Crippen LogP contribution >= 0.6 is 11.6 Å². The van der Waals surface area contributed by atoms with Crippen LogP contribution in [0.5, 0.6) is 0 Å². The first-order valence-electron chi connectivity index (χ1n) is 17.7. The highest BCUT2D eigenvalue weighted by Crippen LogP contribution is 2.46. The summed E-state index contributed by atoms with van der Waals surface area (Å²) < 4.78 is 5.54. The Morgan fingerprint density at radius 2 is 1.56 bits per heavy atom. The molecule has 0 aromatic heterocycles. The molecule has 4 fully saturated rings. The second kappa shape index (κ2) is 14.2. The largest absolute Gasteiger partial charge is 0.444 e. The van der Waals surface area contributed by atoms with E-state index in [2.05, 4.69) is 38.6 Å². The van der Waals surface area contributed by atoms with Crippen LogP contribution in [-0.4, -0.2) is 104 Å². The lowest BCUT2D eigenvalue weighted by Gasteiger charge is -2.40. The minimum atomic E-state index is -0.463. The van der Waals surface area contributed by atoms with E-state index in [0.717, 1.165) is 109 Å². The van der Waals surface area contributed by atoms with Crippen LogP contribution < -0.4 is 9.80 Å². The molecule has 1 unspecified atom stereocenters. The van der Waals surface area contributed by atoms with Crippen LogP contribution in [-0.2, 0) is 4.74 Å². The lowest BCUT2D eigenvalue weighted by atomic mass is 9.76. The van der Waals surface area contributed by atoms with E-state index < -0.39 is 5.60 Å². The van der Waals surface area contributed by atoms with Crippen molar-refractivity contribution in [3.8, 4) is 0 Å². The number of ether oxygens (including phenoxy) is 1. The van der Waals surface area contributed by atoms with E-state index in [1.54, 1.807) is 0 Å². The van der Waals surface area contributed by atoms with E-state index in [4.69, 9.17) is 22.9 Å². The standard InChI is InChI=1S/C38H51ClN6O3/c1-28-25-38(27-45(28)32-10-11-34(40-5)33(39)24-32)14-18-42(19-15-38)31-8-6-30(7-9-31)35(46)43-22-20-41(21-23-43)26-29-12-16-44(17-13-29)36(47)48-37(2,3)4/h6-11,24,28-29H,12-23,25-27H2,1-4H3. The minimum Gasteiger partial charge on any atom is -0.444 e. The van der Waals surface area contributed by atoms with Crippen molar-refractivity contribution in [2.75, 3.05) is 75.2 Å². The summed E-state index contributed by atoms with van der Waals surface area (Å²) in [4.78, 5) is 40.6. The SMILES string of the molecule is [C-]#[N+]c1ccc(N2CC3(CCN(c4ccc(C(=O)N5CCN(CC6CCN(C(=O)OC(C)(C)C)CC6)CC5)cc4)CC3)CC2C)cc1Cl. The summed E-state index contributed by atoms with van der Waals surface area (Å²) in [5.74, 6) is 0.691. The molecule has 2 amide bonds. The molecule has 1 atom stereocenters. The van der Waals surface area contributed by atoms with Gasteiger partial charge in [-0.1, -0.05) is 17.7 Å². The summed E-state index contributed by atoms with van der Waals surface area (Å²) in [6, 6.07) is 14.5. The second-order valence-electron chi connectivity index (χ2n) is 15.5. The van der Waals surface area contributed by atoms with E-state index in [-0.39, 0.29) is 17.4 Å². The number of piperidine rings is 2. The predicted molar refractivity (Wildman–Crippen MR) is 192 cm³/mol. The summed E-state index contributed by atoms with van der Waals surface area (Å²) in [7, 11) is 0.